The molecular weight excluding hydrogens is 307 g/mol. The van der Waals surface area contributed by atoms with Crippen molar-refractivity contribution in [2.24, 2.45) is 0 Å². The quantitative estimate of drug-likeness (QED) is 0.497. The highest BCUT2D eigenvalue weighted by Gasteiger charge is 2.29. The minimum Gasteiger partial charge on any atom is -0.469 e. The lowest BCUT2D eigenvalue weighted by Crippen LogP contribution is -2.24. The molecule has 1 rings (SSSR count). The molecule has 0 saturated heterocycles. The van der Waals surface area contributed by atoms with Crippen LogP contribution < -0.4 is 5.32 Å². The molecule has 0 aliphatic carbocycles. The summed E-state index contributed by atoms with van der Waals surface area (Å²) in [5.41, 5.74) is -4.09. The van der Waals surface area contributed by atoms with Gasteiger partial charge in [0.2, 0.25) is 0 Å². The summed E-state index contributed by atoms with van der Waals surface area (Å²) in [6.07, 6.45) is 0.623. The molecular formula is C13H14F3NO3S. The number of rotatable bonds is 6. The standard InChI is InChI=1S/C13H14F3NO3S/c1-20-11(18)3-2-8-17-12(19)9-4-6-10(7-5-9)21-13(14,15)16/h4-7H,2-3,8H2,1H3,(H,17,19). The second kappa shape index (κ2) is 7.92. The number of thioether (sulfide) groups is 1. The van der Waals surface area contributed by atoms with Gasteiger partial charge in [0.1, 0.15) is 0 Å². The number of halogens is 3. The number of amides is 1. The molecule has 0 spiro atoms. The fraction of sp³-hybridized carbons (Fsp3) is 0.385. The van der Waals surface area contributed by atoms with E-state index in [9.17, 15) is 22.8 Å². The van der Waals surface area contributed by atoms with Gasteiger partial charge in [0.15, 0.2) is 0 Å². The van der Waals surface area contributed by atoms with Gasteiger partial charge in [-0.1, -0.05) is 0 Å². The number of esters is 1. The third-order valence-corrected chi connectivity index (χ3v) is 3.16. The van der Waals surface area contributed by atoms with Crippen molar-refractivity contribution >= 4 is 23.6 Å². The van der Waals surface area contributed by atoms with Gasteiger partial charge >= 0.3 is 11.5 Å². The van der Waals surface area contributed by atoms with Crippen LogP contribution in [0.5, 0.6) is 0 Å². The Morgan fingerprint density at radius 3 is 2.38 bits per heavy atom. The highest BCUT2D eigenvalue weighted by atomic mass is 32.2. The Labute approximate surface area is 124 Å². The fourth-order valence-corrected chi connectivity index (χ4v) is 1.99. The van der Waals surface area contributed by atoms with Crippen molar-refractivity contribution in [1.82, 2.24) is 5.32 Å². The molecule has 8 heteroatoms. The summed E-state index contributed by atoms with van der Waals surface area (Å²) >= 11 is -0.235. The molecule has 0 aliphatic rings. The molecule has 21 heavy (non-hydrogen) atoms. The smallest absolute Gasteiger partial charge is 0.446 e. The molecule has 0 saturated carbocycles. The first kappa shape index (κ1) is 17.4. The molecule has 0 fully saturated rings. The Morgan fingerprint density at radius 1 is 1.24 bits per heavy atom. The number of nitrogens with one attached hydrogen (secondary N) is 1. The van der Waals surface area contributed by atoms with E-state index in [4.69, 9.17) is 0 Å². The van der Waals surface area contributed by atoms with Crippen molar-refractivity contribution in [2.75, 3.05) is 13.7 Å². The van der Waals surface area contributed by atoms with Gasteiger partial charge in [-0.2, -0.15) is 13.2 Å². The van der Waals surface area contributed by atoms with Gasteiger partial charge in [-0.05, 0) is 42.4 Å². The molecule has 1 aromatic carbocycles. The summed E-state index contributed by atoms with van der Waals surface area (Å²) in [6, 6.07) is 5.12. The predicted molar refractivity (Wildman–Crippen MR) is 71.9 cm³/mol. The molecule has 0 heterocycles. The Kier molecular flexibility index (Phi) is 6.54. The molecule has 116 valence electrons. The zero-order valence-corrected chi connectivity index (χ0v) is 12.0. The van der Waals surface area contributed by atoms with E-state index in [-0.39, 0.29) is 41.2 Å². The van der Waals surface area contributed by atoms with E-state index in [2.05, 4.69) is 10.1 Å². The maximum Gasteiger partial charge on any atom is 0.446 e. The molecule has 4 nitrogen and oxygen atoms in total. The van der Waals surface area contributed by atoms with Gasteiger partial charge in [0, 0.05) is 23.4 Å². The lowest BCUT2D eigenvalue weighted by Gasteiger charge is -2.07. The highest BCUT2D eigenvalue weighted by molar-refractivity contribution is 8.00. The minimum atomic E-state index is -4.35. The lowest BCUT2D eigenvalue weighted by molar-refractivity contribution is -0.140. The van der Waals surface area contributed by atoms with Crippen molar-refractivity contribution in [1.29, 1.82) is 0 Å². The normalized spacial score (nSPS) is 11.0. The van der Waals surface area contributed by atoms with Crippen LogP contribution in [-0.4, -0.2) is 31.0 Å². The molecule has 0 aromatic heterocycles. The summed E-state index contributed by atoms with van der Waals surface area (Å²) in [5, 5.41) is 2.57. The molecule has 0 aliphatic heterocycles. The molecule has 0 unspecified atom stereocenters. The monoisotopic (exact) mass is 321 g/mol. The van der Waals surface area contributed by atoms with Crippen LogP contribution >= 0.6 is 11.8 Å². The minimum absolute atomic E-state index is 0.0183. The second-order valence-corrected chi connectivity index (χ2v) is 5.15. The zero-order valence-electron chi connectivity index (χ0n) is 11.2. The highest BCUT2D eigenvalue weighted by Crippen LogP contribution is 2.36. The third kappa shape index (κ3) is 7.03. The third-order valence-electron chi connectivity index (χ3n) is 2.42. The first-order chi connectivity index (χ1) is 9.81. The van der Waals surface area contributed by atoms with Crippen LogP contribution in [0.2, 0.25) is 0 Å². The summed E-state index contributed by atoms with van der Waals surface area (Å²) < 4.78 is 40.9. The van der Waals surface area contributed by atoms with E-state index in [1.54, 1.807) is 0 Å². The summed E-state index contributed by atoms with van der Waals surface area (Å²) in [5.74, 6) is -0.763. The Balaban J connectivity index is 2.43. The number of hydrogen-bond donors (Lipinski definition) is 1. The van der Waals surface area contributed by atoms with Crippen molar-refractivity contribution in [2.45, 2.75) is 23.2 Å². The van der Waals surface area contributed by atoms with Crippen LogP contribution in [0.4, 0.5) is 13.2 Å². The molecule has 0 bridgehead atoms. The van der Waals surface area contributed by atoms with Crippen LogP contribution in [0.1, 0.15) is 23.2 Å². The molecule has 1 aromatic rings. The van der Waals surface area contributed by atoms with Gasteiger partial charge in [-0.25, -0.2) is 0 Å². The van der Waals surface area contributed by atoms with Crippen molar-refractivity contribution in [3.05, 3.63) is 29.8 Å². The zero-order chi connectivity index (χ0) is 15.9. The van der Waals surface area contributed by atoms with Gasteiger partial charge in [-0.3, -0.25) is 9.59 Å². The van der Waals surface area contributed by atoms with Gasteiger partial charge in [0.25, 0.3) is 5.91 Å². The van der Waals surface area contributed by atoms with Crippen LogP contribution in [0.15, 0.2) is 29.2 Å². The maximum atomic E-state index is 12.1. The van der Waals surface area contributed by atoms with Crippen LogP contribution in [-0.2, 0) is 9.53 Å². The number of carbonyl (C=O) groups is 2. The van der Waals surface area contributed by atoms with Crippen LogP contribution in [0.3, 0.4) is 0 Å². The molecule has 0 atom stereocenters. The summed E-state index contributed by atoms with van der Waals surface area (Å²) in [4.78, 5) is 22.6. The fourth-order valence-electron chi connectivity index (χ4n) is 1.45. The Morgan fingerprint density at radius 2 is 1.86 bits per heavy atom. The van der Waals surface area contributed by atoms with E-state index >= 15 is 0 Å². The first-order valence-electron chi connectivity index (χ1n) is 6.02. The number of alkyl halides is 3. The molecule has 1 amide bonds. The van der Waals surface area contributed by atoms with Gasteiger partial charge in [0.05, 0.1) is 7.11 Å². The Bertz CT molecular complexity index is 488. The maximum absolute atomic E-state index is 12.1. The second-order valence-electron chi connectivity index (χ2n) is 4.01. The van der Waals surface area contributed by atoms with Crippen molar-refractivity contribution < 1.29 is 27.5 Å². The largest absolute Gasteiger partial charge is 0.469 e. The van der Waals surface area contributed by atoms with Gasteiger partial charge < -0.3 is 10.1 Å². The number of ether oxygens (including phenoxy) is 1. The van der Waals surface area contributed by atoms with E-state index in [1.807, 2.05) is 0 Å². The van der Waals surface area contributed by atoms with Crippen molar-refractivity contribution in [3.63, 3.8) is 0 Å². The average molecular weight is 321 g/mol. The predicted octanol–water partition coefficient (Wildman–Crippen LogP) is 2.98. The van der Waals surface area contributed by atoms with Crippen molar-refractivity contribution in [3.8, 4) is 0 Å². The average Bonchev–Trinajstić information content (AvgIpc) is 2.42. The molecule has 1 N–H and O–H groups in total. The van der Waals surface area contributed by atoms with E-state index in [1.165, 1.54) is 31.4 Å². The van der Waals surface area contributed by atoms with Crippen LogP contribution in [0.25, 0.3) is 0 Å². The number of methoxy groups -OCH3 is 1. The summed E-state index contributed by atoms with van der Waals surface area (Å²) in [7, 11) is 1.28. The van der Waals surface area contributed by atoms with Gasteiger partial charge in [-0.15, -0.1) is 0 Å². The van der Waals surface area contributed by atoms with E-state index in [0.29, 0.717) is 6.42 Å². The van der Waals surface area contributed by atoms with E-state index in [0.717, 1.165) is 0 Å². The first-order valence-corrected chi connectivity index (χ1v) is 6.84. The summed E-state index contributed by atoms with van der Waals surface area (Å²) in [6.45, 7) is 0.285. The number of benzene rings is 1. The molecule has 0 radical (unpaired) electrons. The number of carbonyl (C=O) groups excluding carboxylic acids is 2. The number of hydrogen-bond acceptors (Lipinski definition) is 4. The topological polar surface area (TPSA) is 55.4 Å². The Hall–Kier alpha value is -1.70. The SMILES string of the molecule is COC(=O)CCCNC(=O)c1ccc(SC(F)(F)F)cc1. The lowest BCUT2D eigenvalue weighted by atomic mass is 10.2. The van der Waals surface area contributed by atoms with Crippen LogP contribution in [0, 0.1) is 0 Å². The van der Waals surface area contributed by atoms with E-state index < -0.39 is 11.4 Å².